The van der Waals surface area contributed by atoms with Gasteiger partial charge in [-0.15, -0.1) is 0 Å². The molecule has 0 aliphatic rings. The van der Waals surface area contributed by atoms with E-state index in [9.17, 15) is 13.2 Å². The second-order valence-electron chi connectivity index (χ2n) is 6.49. The van der Waals surface area contributed by atoms with Gasteiger partial charge in [0.1, 0.15) is 6.04 Å². The molecule has 0 aliphatic heterocycles. The van der Waals surface area contributed by atoms with Crippen LogP contribution in [0.15, 0.2) is 59.5 Å². The monoisotopic (exact) mass is 374 g/mol. The molecular formula is C20H26N2O3S. The zero-order chi connectivity index (χ0) is 19.2. The van der Waals surface area contributed by atoms with Gasteiger partial charge in [-0.05, 0) is 44.4 Å². The van der Waals surface area contributed by atoms with Gasteiger partial charge in [-0.1, -0.05) is 55.0 Å². The molecule has 0 saturated carbocycles. The van der Waals surface area contributed by atoms with Crippen molar-refractivity contribution in [3.05, 3.63) is 65.7 Å². The summed E-state index contributed by atoms with van der Waals surface area (Å²) in [6.45, 7) is 5.75. The van der Waals surface area contributed by atoms with Crippen LogP contribution in [0.25, 0.3) is 0 Å². The maximum Gasteiger partial charge on any atom is 0.241 e. The van der Waals surface area contributed by atoms with E-state index in [2.05, 4.69) is 10.0 Å². The molecule has 26 heavy (non-hydrogen) atoms. The van der Waals surface area contributed by atoms with Crippen LogP contribution in [0, 0.1) is 6.92 Å². The van der Waals surface area contributed by atoms with Crippen LogP contribution in [0.1, 0.15) is 31.4 Å². The van der Waals surface area contributed by atoms with E-state index in [1.54, 1.807) is 24.3 Å². The second kappa shape index (κ2) is 8.96. The Morgan fingerprint density at radius 2 is 1.65 bits per heavy atom. The minimum atomic E-state index is -3.79. The van der Waals surface area contributed by atoms with Gasteiger partial charge < -0.3 is 5.32 Å². The summed E-state index contributed by atoms with van der Waals surface area (Å²) >= 11 is 0. The van der Waals surface area contributed by atoms with Crippen molar-refractivity contribution in [2.75, 3.05) is 0 Å². The predicted molar refractivity (Wildman–Crippen MR) is 103 cm³/mol. The van der Waals surface area contributed by atoms with Crippen LogP contribution in [-0.2, 0) is 21.2 Å². The molecule has 0 unspecified atom stereocenters. The van der Waals surface area contributed by atoms with Gasteiger partial charge in [-0.25, -0.2) is 8.42 Å². The third-order valence-electron chi connectivity index (χ3n) is 4.23. The lowest BCUT2D eigenvalue weighted by Gasteiger charge is -2.21. The topological polar surface area (TPSA) is 75.3 Å². The molecule has 0 spiro atoms. The number of carbonyl (C=O) groups excluding carboxylic acids is 1. The number of sulfonamides is 1. The van der Waals surface area contributed by atoms with Crippen LogP contribution in [0.5, 0.6) is 0 Å². The molecular weight excluding hydrogens is 348 g/mol. The first-order chi connectivity index (χ1) is 12.3. The predicted octanol–water partition coefficient (Wildman–Crippen LogP) is 2.80. The fraction of sp³-hybridized carbons (Fsp3) is 0.350. The SMILES string of the molecule is CC[C@@H](C)NC(=O)[C@@H](Cc1ccccc1)NS(=O)(=O)c1ccc(C)cc1. The van der Waals surface area contributed by atoms with Crippen molar-refractivity contribution < 1.29 is 13.2 Å². The maximum atomic E-state index is 12.7. The molecule has 0 aromatic heterocycles. The average Bonchev–Trinajstić information content (AvgIpc) is 2.62. The largest absolute Gasteiger partial charge is 0.352 e. The number of hydrogen-bond donors (Lipinski definition) is 2. The van der Waals surface area contributed by atoms with Crippen LogP contribution in [-0.4, -0.2) is 26.4 Å². The molecule has 0 saturated heterocycles. The van der Waals surface area contributed by atoms with E-state index in [4.69, 9.17) is 0 Å². The van der Waals surface area contributed by atoms with Crippen molar-refractivity contribution in [1.82, 2.24) is 10.0 Å². The van der Waals surface area contributed by atoms with E-state index in [-0.39, 0.29) is 23.3 Å². The van der Waals surface area contributed by atoms with Gasteiger partial charge in [0.15, 0.2) is 0 Å². The number of nitrogens with one attached hydrogen (secondary N) is 2. The molecule has 2 atom stereocenters. The molecule has 0 heterocycles. The average molecular weight is 375 g/mol. The second-order valence-corrected chi connectivity index (χ2v) is 8.21. The smallest absolute Gasteiger partial charge is 0.241 e. The summed E-state index contributed by atoms with van der Waals surface area (Å²) in [5, 5.41) is 2.87. The van der Waals surface area contributed by atoms with Gasteiger partial charge in [0.2, 0.25) is 15.9 Å². The van der Waals surface area contributed by atoms with Gasteiger partial charge in [-0.2, -0.15) is 4.72 Å². The highest BCUT2D eigenvalue weighted by Gasteiger charge is 2.26. The highest BCUT2D eigenvalue weighted by Crippen LogP contribution is 2.12. The molecule has 0 fully saturated rings. The first-order valence-corrected chi connectivity index (χ1v) is 10.2. The van der Waals surface area contributed by atoms with Crippen molar-refractivity contribution in [1.29, 1.82) is 0 Å². The Morgan fingerprint density at radius 3 is 2.23 bits per heavy atom. The van der Waals surface area contributed by atoms with Crippen LogP contribution < -0.4 is 10.0 Å². The van der Waals surface area contributed by atoms with Crippen LogP contribution in [0.4, 0.5) is 0 Å². The van der Waals surface area contributed by atoms with E-state index in [0.29, 0.717) is 0 Å². The lowest BCUT2D eigenvalue weighted by Crippen LogP contribution is -2.50. The van der Waals surface area contributed by atoms with Crippen molar-refractivity contribution in [2.45, 2.75) is 50.6 Å². The number of carbonyl (C=O) groups is 1. The number of rotatable bonds is 8. The summed E-state index contributed by atoms with van der Waals surface area (Å²) in [5.41, 5.74) is 1.86. The summed E-state index contributed by atoms with van der Waals surface area (Å²) in [5.74, 6) is -0.320. The lowest BCUT2D eigenvalue weighted by molar-refractivity contribution is -0.123. The van der Waals surface area contributed by atoms with Crippen molar-refractivity contribution in [3.8, 4) is 0 Å². The Morgan fingerprint density at radius 1 is 1.04 bits per heavy atom. The third-order valence-corrected chi connectivity index (χ3v) is 5.72. The number of hydrogen-bond acceptors (Lipinski definition) is 3. The van der Waals surface area contributed by atoms with Crippen LogP contribution in [0.2, 0.25) is 0 Å². The highest BCUT2D eigenvalue weighted by molar-refractivity contribution is 7.89. The van der Waals surface area contributed by atoms with Gasteiger partial charge >= 0.3 is 0 Å². The molecule has 2 aromatic rings. The molecule has 140 valence electrons. The van der Waals surface area contributed by atoms with Gasteiger partial charge in [0.05, 0.1) is 4.90 Å². The fourth-order valence-electron chi connectivity index (χ4n) is 2.46. The Labute approximate surface area is 155 Å². The van der Waals surface area contributed by atoms with E-state index in [0.717, 1.165) is 17.5 Å². The number of benzene rings is 2. The normalized spacial score (nSPS) is 13.8. The maximum absolute atomic E-state index is 12.7. The molecule has 6 heteroatoms. The standard InChI is InChI=1S/C20H26N2O3S/c1-4-16(3)21-20(23)19(14-17-8-6-5-7-9-17)22-26(24,25)18-12-10-15(2)11-13-18/h5-13,16,19,22H,4,14H2,1-3H3,(H,21,23)/t16-,19-/m1/s1. The van der Waals surface area contributed by atoms with E-state index in [1.807, 2.05) is 51.1 Å². The molecule has 2 aromatic carbocycles. The molecule has 5 nitrogen and oxygen atoms in total. The Kier molecular flexibility index (Phi) is 6.94. The van der Waals surface area contributed by atoms with Crippen LogP contribution >= 0.6 is 0 Å². The van der Waals surface area contributed by atoms with Crippen molar-refractivity contribution >= 4 is 15.9 Å². The zero-order valence-corrected chi connectivity index (χ0v) is 16.2. The minimum Gasteiger partial charge on any atom is -0.352 e. The molecule has 2 N–H and O–H groups in total. The summed E-state index contributed by atoms with van der Waals surface area (Å²) in [7, 11) is -3.79. The summed E-state index contributed by atoms with van der Waals surface area (Å²) < 4.78 is 28.0. The molecule has 2 rings (SSSR count). The minimum absolute atomic E-state index is 0.0235. The fourth-order valence-corrected chi connectivity index (χ4v) is 3.65. The Bertz CT molecular complexity index is 818. The van der Waals surface area contributed by atoms with Gasteiger partial charge in [0.25, 0.3) is 0 Å². The zero-order valence-electron chi connectivity index (χ0n) is 15.4. The quantitative estimate of drug-likeness (QED) is 0.746. The first kappa shape index (κ1) is 20.1. The summed E-state index contributed by atoms with van der Waals surface area (Å²) in [6.07, 6.45) is 1.06. The molecule has 0 aliphatic carbocycles. The van der Waals surface area contributed by atoms with Crippen molar-refractivity contribution in [3.63, 3.8) is 0 Å². The highest BCUT2D eigenvalue weighted by atomic mass is 32.2. The lowest BCUT2D eigenvalue weighted by atomic mass is 10.1. The summed E-state index contributed by atoms with van der Waals surface area (Å²) in [6, 6.07) is 15.0. The van der Waals surface area contributed by atoms with E-state index < -0.39 is 16.1 Å². The number of amides is 1. The summed E-state index contributed by atoms with van der Waals surface area (Å²) in [4.78, 5) is 12.8. The number of aryl methyl sites for hydroxylation is 1. The Hall–Kier alpha value is -2.18. The van der Waals surface area contributed by atoms with Crippen LogP contribution in [0.3, 0.4) is 0 Å². The Balaban J connectivity index is 2.24. The molecule has 1 amide bonds. The third kappa shape index (κ3) is 5.68. The molecule has 0 radical (unpaired) electrons. The van der Waals surface area contributed by atoms with Gasteiger partial charge in [-0.3, -0.25) is 4.79 Å². The van der Waals surface area contributed by atoms with Crippen molar-refractivity contribution in [2.24, 2.45) is 0 Å². The molecule has 0 bridgehead atoms. The van der Waals surface area contributed by atoms with E-state index in [1.165, 1.54) is 0 Å². The van der Waals surface area contributed by atoms with Gasteiger partial charge in [0, 0.05) is 6.04 Å². The van der Waals surface area contributed by atoms with E-state index >= 15 is 0 Å². The first-order valence-electron chi connectivity index (χ1n) is 8.75.